The fraction of sp³-hybridized carbons (Fsp3) is 0.538. The van der Waals surface area contributed by atoms with Crippen LogP contribution in [0.5, 0.6) is 5.75 Å². The third-order valence-corrected chi connectivity index (χ3v) is 5.56. The highest BCUT2D eigenvalue weighted by Crippen LogP contribution is 2.29. The Hall–Kier alpha value is -1.11. The molecule has 0 amide bonds. The summed E-state index contributed by atoms with van der Waals surface area (Å²) in [6.45, 7) is 4.06. The summed E-state index contributed by atoms with van der Waals surface area (Å²) in [6.07, 6.45) is -0.0679. The highest BCUT2D eigenvalue weighted by atomic mass is 32.2. The van der Waals surface area contributed by atoms with Gasteiger partial charge in [-0.15, -0.1) is 0 Å². The Morgan fingerprint density at radius 3 is 2.32 bits per heavy atom. The Kier molecular flexibility index (Phi) is 3.85. The van der Waals surface area contributed by atoms with Crippen molar-refractivity contribution in [1.29, 1.82) is 0 Å². The van der Waals surface area contributed by atoms with Gasteiger partial charge in [0.1, 0.15) is 5.75 Å². The topological polar surface area (TPSA) is 66.8 Å². The van der Waals surface area contributed by atoms with Crippen LogP contribution in [0.1, 0.15) is 17.5 Å². The number of benzene rings is 1. The summed E-state index contributed by atoms with van der Waals surface area (Å²) in [5.41, 5.74) is 1.33. The van der Waals surface area contributed by atoms with Gasteiger partial charge >= 0.3 is 0 Å². The van der Waals surface area contributed by atoms with E-state index in [0.717, 1.165) is 0 Å². The van der Waals surface area contributed by atoms with Gasteiger partial charge < -0.3 is 9.84 Å². The van der Waals surface area contributed by atoms with Crippen molar-refractivity contribution in [3.63, 3.8) is 0 Å². The first-order valence-electron chi connectivity index (χ1n) is 6.19. The van der Waals surface area contributed by atoms with E-state index in [1.54, 1.807) is 33.1 Å². The molecule has 2 rings (SSSR count). The summed E-state index contributed by atoms with van der Waals surface area (Å²) < 4.78 is 31.7. The van der Waals surface area contributed by atoms with E-state index in [-0.39, 0.29) is 6.54 Å². The lowest BCUT2D eigenvalue weighted by atomic mass is 10.1. The van der Waals surface area contributed by atoms with E-state index in [4.69, 9.17) is 4.74 Å². The Balaban J connectivity index is 2.46. The van der Waals surface area contributed by atoms with Gasteiger partial charge in [0.05, 0.1) is 18.1 Å². The lowest BCUT2D eigenvalue weighted by Gasteiger charge is -2.19. The standard InChI is InChI=1S/C13H19NO4S/c1-9-6-12(18-3)7-10(2)13(9)19(16,17)14-5-4-11(15)8-14/h6-7,11,15H,4-5,8H2,1-3H3/t11-/m0/s1. The molecule has 1 fully saturated rings. The number of hydrogen-bond donors (Lipinski definition) is 1. The number of nitrogens with zero attached hydrogens (tertiary/aromatic N) is 1. The minimum Gasteiger partial charge on any atom is -0.497 e. The minimum absolute atomic E-state index is 0.174. The molecular weight excluding hydrogens is 266 g/mol. The van der Waals surface area contributed by atoms with Gasteiger partial charge in [-0.05, 0) is 43.5 Å². The monoisotopic (exact) mass is 285 g/mol. The molecule has 0 unspecified atom stereocenters. The zero-order valence-electron chi connectivity index (χ0n) is 11.4. The van der Waals surface area contributed by atoms with Gasteiger partial charge in [0, 0.05) is 13.1 Å². The molecule has 0 radical (unpaired) electrons. The SMILES string of the molecule is COc1cc(C)c(S(=O)(=O)N2CC[C@H](O)C2)c(C)c1. The fourth-order valence-corrected chi connectivity index (χ4v) is 4.40. The summed E-state index contributed by atoms with van der Waals surface area (Å²) in [7, 11) is -1.99. The number of methoxy groups -OCH3 is 1. The number of hydrogen-bond acceptors (Lipinski definition) is 4. The molecule has 106 valence electrons. The van der Waals surface area contributed by atoms with Crippen molar-refractivity contribution in [2.75, 3.05) is 20.2 Å². The maximum atomic E-state index is 12.6. The van der Waals surface area contributed by atoms with Crippen molar-refractivity contribution in [1.82, 2.24) is 4.31 Å². The molecule has 1 heterocycles. The van der Waals surface area contributed by atoms with Crippen LogP contribution in [-0.4, -0.2) is 44.1 Å². The first-order chi connectivity index (χ1) is 8.86. The molecule has 0 saturated carbocycles. The molecule has 0 bridgehead atoms. The number of β-amino-alcohol motifs (C(OH)–C–C–N with tert-alkyl or cyclic N) is 1. The Morgan fingerprint density at radius 1 is 1.32 bits per heavy atom. The number of aliphatic hydroxyl groups is 1. The molecule has 5 nitrogen and oxygen atoms in total. The second-order valence-electron chi connectivity index (χ2n) is 4.90. The molecule has 0 spiro atoms. The van der Waals surface area contributed by atoms with Crippen molar-refractivity contribution in [2.45, 2.75) is 31.3 Å². The van der Waals surface area contributed by atoms with Crippen LogP contribution >= 0.6 is 0 Å². The Bertz CT molecular complexity index is 559. The quantitative estimate of drug-likeness (QED) is 0.902. The molecule has 1 atom stereocenters. The Morgan fingerprint density at radius 2 is 1.89 bits per heavy atom. The van der Waals surface area contributed by atoms with E-state index in [1.165, 1.54) is 4.31 Å². The zero-order valence-corrected chi connectivity index (χ0v) is 12.2. The van der Waals surface area contributed by atoms with E-state index < -0.39 is 16.1 Å². The van der Waals surface area contributed by atoms with E-state index in [1.807, 2.05) is 0 Å². The first kappa shape index (κ1) is 14.3. The van der Waals surface area contributed by atoms with Gasteiger partial charge in [-0.2, -0.15) is 4.31 Å². The normalized spacial score (nSPS) is 20.7. The average molecular weight is 285 g/mol. The highest BCUT2D eigenvalue weighted by molar-refractivity contribution is 7.89. The number of rotatable bonds is 3. The van der Waals surface area contributed by atoms with Crippen LogP contribution in [-0.2, 0) is 10.0 Å². The van der Waals surface area contributed by atoms with Gasteiger partial charge in [-0.1, -0.05) is 0 Å². The maximum Gasteiger partial charge on any atom is 0.243 e. The van der Waals surface area contributed by atoms with Gasteiger partial charge in [-0.25, -0.2) is 8.42 Å². The lowest BCUT2D eigenvalue weighted by molar-refractivity contribution is 0.189. The average Bonchev–Trinajstić information content (AvgIpc) is 2.75. The van der Waals surface area contributed by atoms with E-state index in [2.05, 4.69) is 0 Å². The van der Waals surface area contributed by atoms with Crippen molar-refractivity contribution in [3.05, 3.63) is 23.3 Å². The molecule has 1 aliphatic rings. The fourth-order valence-electron chi connectivity index (χ4n) is 2.49. The highest BCUT2D eigenvalue weighted by Gasteiger charge is 2.33. The van der Waals surface area contributed by atoms with E-state index in [9.17, 15) is 13.5 Å². The molecule has 1 aromatic carbocycles. The summed E-state index contributed by atoms with van der Waals surface area (Å²) in [5, 5.41) is 9.50. The van der Waals surface area contributed by atoms with Crippen LogP contribution in [0, 0.1) is 13.8 Å². The predicted octanol–water partition coefficient (Wildman–Crippen LogP) is 1.07. The van der Waals surface area contributed by atoms with E-state index in [0.29, 0.717) is 34.7 Å². The largest absolute Gasteiger partial charge is 0.497 e. The zero-order chi connectivity index (χ0) is 14.2. The van der Waals surface area contributed by atoms with Crippen molar-refractivity contribution in [3.8, 4) is 5.75 Å². The van der Waals surface area contributed by atoms with Crippen LogP contribution in [0.2, 0.25) is 0 Å². The third kappa shape index (κ3) is 2.61. The Labute approximate surface area is 113 Å². The molecular formula is C13H19NO4S. The van der Waals surface area contributed by atoms with Crippen LogP contribution in [0.3, 0.4) is 0 Å². The first-order valence-corrected chi connectivity index (χ1v) is 7.63. The number of aryl methyl sites for hydroxylation is 2. The summed E-state index contributed by atoms with van der Waals surface area (Å²) in [6, 6.07) is 3.43. The smallest absolute Gasteiger partial charge is 0.243 e. The van der Waals surface area contributed by atoms with Crippen LogP contribution in [0.15, 0.2) is 17.0 Å². The number of aliphatic hydroxyl groups excluding tert-OH is 1. The van der Waals surface area contributed by atoms with Crippen LogP contribution in [0.4, 0.5) is 0 Å². The molecule has 1 N–H and O–H groups in total. The third-order valence-electron chi connectivity index (χ3n) is 3.39. The predicted molar refractivity (Wildman–Crippen MR) is 71.9 cm³/mol. The minimum atomic E-state index is -3.54. The van der Waals surface area contributed by atoms with Crippen LogP contribution in [0.25, 0.3) is 0 Å². The van der Waals surface area contributed by atoms with E-state index >= 15 is 0 Å². The number of ether oxygens (including phenoxy) is 1. The molecule has 1 saturated heterocycles. The molecule has 6 heteroatoms. The van der Waals surface area contributed by atoms with Crippen molar-refractivity contribution in [2.24, 2.45) is 0 Å². The maximum absolute atomic E-state index is 12.6. The van der Waals surface area contributed by atoms with Crippen LogP contribution < -0.4 is 4.74 Å². The second-order valence-corrected chi connectivity index (χ2v) is 6.77. The van der Waals surface area contributed by atoms with Gasteiger partial charge in [0.15, 0.2) is 0 Å². The van der Waals surface area contributed by atoms with Gasteiger partial charge in [0.25, 0.3) is 0 Å². The molecule has 0 aliphatic carbocycles. The second kappa shape index (κ2) is 5.11. The van der Waals surface area contributed by atoms with Gasteiger partial charge in [0.2, 0.25) is 10.0 Å². The molecule has 1 aromatic rings. The molecule has 19 heavy (non-hydrogen) atoms. The van der Waals surface area contributed by atoms with Crippen molar-refractivity contribution < 1.29 is 18.3 Å². The number of sulfonamides is 1. The summed E-state index contributed by atoms with van der Waals surface area (Å²) in [4.78, 5) is 0.322. The van der Waals surface area contributed by atoms with Gasteiger partial charge in [-0.3, -0.25) is 0 Å². The summed E-state index contributed by atoms with van der Waals surface area (Å²) in [5.74, 6) is 0.649. The molecule has 0 aromatic heterocycles. The molecule has 1 aliphatic heterocycles. The summed E-state index contributed by atoms with van der Waals surface area (Å²) >= 11 is 0. The lowest BCUT2D eigenvalue weighted by Crippen LogP contribution is -2.30. The van der Waals surface area contributed by atoms with Crippen molar-refractivity contribution >= 4 is 10.0 Å².